The van der Waals surface area contributed by atoms with Crippen LogP contribution in [0.5, 0.6) is 0 Å². The highest BCUT2D eigenvalue weighted by molar-refractivity contribution is 6.99. The van der Waals surface area contributed by atoms with Crippen LogP contribution in [0.3, 0.4) is 0 Å². The van der Waals surface area contributed by atoms with Crippen molar-refractivity contribution in [3.63, 3.8) is 0 Å². The molecular formula is C27H42N20OS3. The molecule has 0 aliphatic rings. The van der Waals surface area contributed by atoms with Crippen LogP contribution in [0, 0.1) is 48.5 Å². The van der Waals surface area contributed by atoms with Gasteiger partial charge in [-0.3, -0.25) is 14.0 Å². The van der Waals surface area contributed by atoms with Crippen LogP contribution >= 0.6 is 35.2 Å². The quantitative estimate of drug-likeness (QED) is 0.216. The number of aromatic nitrogens is 20. The molecule has 0 saturated carbocycles. The molecule has 0 spiro atoms. The van der Waals surface area contributed by atoms with E-state index in [1.165, 1.54) is 46.3 Å². The van der Waals surface area contributed by atoms with Crippen LogP contribution in [0.15, 0.2) is 60.8 Å². The molecule has 0 amide bonds. The lowest BCUT2D eigenvalue weighted by molar-refractivity contribution is 0.304. The lowest BCUT2D eigenvalue weighted by Gasteiger charge is -1.76. The van der Waals surface area contributed by atoms with Crippen LogP contribution in [0.4, 0.5) is 0 Å². The van der Waals surface area contributed by atoms with Gasteiger partial charge < -0.3 is 0 Å². The first kappa shape index (κ1) is 43.4. The Morgan fingerprint density at radius 3 is 1.35 bits per heavy atom. The molecule has 0 N–H and O–H groups in total. The van der Waals surface area contributed by atoms with Gasteiger partial charge in [0.25, 0.3) is 0 Å². The van der Waals surface area contributed by atoms with Gasteiger partial charge in [-0.15, -0.1) is 5.10 Å². The average Bonchev–Trinajstić information content (AvgIpc) is 3.93. The summed E-state index contributed by atoms with van der Waals surface area (Å²) in [6.45, 7) is 13.4. The van der Waals surface area contributed by atoms with E-state index in [1.54, 1.807) is 70.9 Å². The fourth-order valence-corrected chi connectivity index (χ4v) is 3.76. The molecule has 8 aromatic rings. The maximum absolute atomic E-state index is 4.21. The fraction of sp³-hybridized carbons (Fsp3) is 0.407. The Balaban J connectivity index is 0.000000292. The summed E-state index contributed by atoms with van der Waals surface area (Å²) in [5.74, 6) is 0.822. The summed E-state index contributed by atoms with van der Waals surface area (Å²) in [7, 11) is 7.28. The first-order chi connectivity index (χ1) is 24.4. The second kappa shape index (κ2) is 26.3. The smallest absolute Gasteiger partial charge is 0.147 e. The van der Waals surface area contributed by atoms with Crippen molar-refractivity contribution in [1.29, 1.82) is 0 Å². The van der Waals surface area contributed by atoms with Crippen molar-refractivity contribution in [1.82, 2.24) is 96.1 Å². The normalized spacial score (nSPS) is 9.08. The molecule has 0 saturated heterocycles. The Morgan fingerprint density at radius 2 is 1.22 bits per heavy atom. The third kappa shape index (κ3) is 23.4. The highest BCUT2D eigenvalue weighted by Crippen LogP contribution is 1.99. The summed E-state index contributed by atoms with van der Waals surface area (Å²) in [5.41, 5.74) is 6.00. The number of hydrogen-bond donors (Lipinski definition) is 0. The van der Waals surface area contributed by atoms with E-state index in [-0.39, 0.29) is 0 Å². The summed E-state index contributed by atoms with van der Waals surface area (Å²) >= 11 is 3.77. The van der Waals surface area contributed by atoms with Crippen molar-refractivity contribution in [2.45, 2.75) is 48.5 Å². The molecule has 8 heterocycles. The minimum atomic E-state index is 0.815. The Hall–Kier alpha value is -5.62. The topological polar surface area (TPSA) is 239 Å². The summed E-state index contributed by atoms with van der Waals surface area (Å²) in [6.07, 6.45) is 14.8. The van der Waals surface area contributed by atoms with Crippen molar-refractivity contribution in [3.05, 3.63) is 96.2 Å². The highest BCUT2D eigenvalue weighted by Gasteiger charge is 1.92. The van der Waals surface area contributed by atoms with Gasteiger partial charge in [0.05, 0.1) is 94.6 Å². The Morgan fingerprint density at radius 1 is 0.608 bits per heavy atom. The number of rotatable bonds is 0. The highest BCUT2D eigenvalue weighted by atomic mass is 32.1. The minimum Gasteiger partial charge on any atom is -0.256 e. The fourth-order valence-electron chi connectivity index (χ4n) is 2.24. The van der Waals surface area contributed by atoms with Crippen molar-refractivity contribution < 1.29 is 4.63 Å². The molecule has 8 aromatic heterocycles. The van der Waals surface area contributed by atoms with Gasteiger partial charge in [0, 0.05) is 34.4 Å². The Bertz CT molecular complexity index is 1590. The summed E-state index contributed by atoms with van der Waals surface area (Å²) in [6, 6.07) is 0. The van der Waals surface area contributed by atoms with Gasteiger partial charge in [0.2, 0.25) is 0 Å². The van der Waals surface area contributed by atoms with Gasteiger partial charge >= 0.3 is 0 Å². The van der Waals surface area contributed by atoms with Gasteiger partial charge in [0.15, 0.2) is 0 Å². The molecule has 0 radical (unpaired) electrons. The zero-order valence-electron chi connectivity index (χ0n) is 30.3. The molecule has 21 nitrogen and oxygen atoms in total. The maximum atomic E-state index is 4.21. The van der Waals surface area contributed by atoms with Gasteiger partial charge in [-0.1, -0.05) is 15.5 Å². The molecule has 0 aliphatic heterocycles. The third-order valence-corrected chi connectivity index (χ3v) is 7.02. The van der Waals surface area contributed by atoms with Crippen LogP contribution in [0.1, 0.15) is 40.0 Å². The number of hydrogen-bond acceptors (Lipinski definition) is 20. The van der Waals surface area contributed by atoms with E-state index in [4.69, 9.17) is 0 Å². The Labute approximate surface area is 307 Å². The van der Waals surface area contributed by atoms with Crippen molar-refractivity contribution in [3.8, 4) is 0 Å². The molecule has 51 heavy (non-hydrogen) atoms. The van der Waals surface area contributed by atoms with Crippen molar-refractivity contribution in [2.75, 3.05) is 0 Å². The van der Waals surface area contributed by atoms with E-state index >= 15 is 0 Å². The SMILES string of the molecule is Cc1cnon1.Cc1cnsn1.Cc1ncn(C)n1.Cc1nsnc1C.Cc1nsnc1C.Cn1ccnn1.Cn1cncn1.Cn1nccn1. The van der Waals surface area contributed by atoms with E-state index in [0.717, 1.165) is 40.0 Å². The van der Waals surface area contributed by atoms with E-state index in [9.17, 15) is 0 Å². The first-order valence-corrected chi connectivity index (χ1v) is 16.8. The Kier molecular flexibility index (Phi) is 22.4. The van der Waals surface area contributed by atoms with E-state index in [1.807, 2.05) is 69.6 Å². The predicted octanol–water partition coefficient (Wildman–Crippen LogP) is 3.10. The van der Waals surface area contributed by atoms with Crippen LogP contribution in [0.25, 0.3) is 0 Å². The van der Waals surface area contributed by atoms with Crippen LogP contribution in [-0.4, -0.2) is 96.1 Å². The van der Waals surface area contributed by atoms with Crippen molar-refractivity contribution in [2.24, 2.45) is 28.2 Å². The molecule has 0 atom stereocenters. The predicted molar refractivity (Wildman–Crippen MR) is 191 cm³/mol. The summed E-state index contributed by atoms with van der Waals surface area (Å²) in [4.78, 5) is 9.04. The lowest BCUT2D eigenvalue weighted by atomic mass is 10.4. The number of nitrogens with zero attached hydrogens (tertiary/aromatic N) is 20. The second-order valence-corrected chi connectivity index (χ2v) is 11.2. The number of aryl methyl sites for hydroxylation is 11. The van der Waals surface area contributed by atoms with Crippen LogP contribution in [-0.2, 0) is 28.2 Å². The van der Waals surface area contributed by atoms with Gasteiger partial charge in [-0.05, 0) is 48.5 Å². The molecule has 0 fully saturated rings. The average molecular weight is 759 g/mol. The van der Waals surface area contributed by atoms with Gasteiger partial charge in [-0.2, -0.15) is 51.4 Å². The van der Waals surface area contributed by atoms with Crippen LogP contribution < -0.4 is 0 Å². The molecule has 0 bridgehead atoms. The monoisotopic (exact) mass is 758 g/mol. The first-order valence-electron chi connectivity index (χ1n) is 14.6. The van der Waals surface area contributed by atoms with Crippen LogP contribution in [0.2, 0.25) is 0 Å². The second-order valence-electron chi connectivity index (χ2n) is 9.60. The maximum Gasteiger partial charge on any atom is 0.147 e. The van der Waals surface area contributed by atoms with Gasteiger partial charge in [0.1, 0.15) is 30.5 Å². The summed E-state index contributed by atoms with van der Waals surface area (Å²) in [5, 5.41) is 29.0. The molecule has 274 valence electrons. The molecule has 0 aromatic carbocycles. The van der Waals surface area contributed by atoms with E-state index in [2.05, 4.69) is 81.9 Å². The minimum absolute atomic E-state index is 0.815. The molecule has 0 unspecified atom stereocenters. The zero-order valence-corrected chi connectivity index (χ0v) is 32.7. The molecule has 24 heteroatoms. The largest absolute Gasteiger partial charge is 0.256 e. The zero-order chi connectivity index (χ0) is 37.9. The molecule has 8 rings (SSSR count). The van der Waals surface area contributed by atoms with Crippen molar-refractivity contribution >= 4 is 35.2 Å². The lowest BCUT2D eigenvalue weighted by Crippen LogP contribution is -1.89. The standard InChI is InChI=1S/C4H7N3.2C4H6N2S.3C3H5N3.C3H4N2O.C3H4N2S/c1-4-5-3-7(2)6-4;2*1-3-4(2)6-7-5-3;1-6-3-4-2-5-6;1-6-3-2-4-5-6;1-6-4-2-3-5-6;2*1-3-2-4-6-5-3/h3H,1-2H3;2*1-2H3;3*2-3H,1H3;2*2H,1H3. The van der Waals surface area contributed by atoms with E-state index < -0.39 is 0 Å². The molecular weight excluding hydrogens is 717 g/mol. The third-order valence-electron chi connectivity index (χ3n) is 5.03. The van der Waals surface area contributed by atoms with Gasteiger partial charge in [-0.25, -0.2) is 14.6 Å². The summed E-state index contributed by atoms with van der Waals surface area (Å²) < 4.78 is 32.6. The molecule has 0 aliphatic carbocycles. The van der Waals surface area contributed by atoms with E-state index in [0.29, 0.717) is 0 Å².